The van der Waals surface area contributed by atoms with Gasteiger partial charge in [0.15, 0.2) is 0 Å². The minimum atomic E-state index is -1.97. The quantitative estimate of drug-likeness (QED) is 0.444. The lowest BCUT2D eigenvalue weighted by molar-refractivity contribution is 0.0903. The predicted octanol–water partition coefficient (Wildman–Crippen LogP) is 0.0952. The van der Waals surface area contributed by atoms with E-state index in [2.05, 4.69) is 4.72 Å². The lowest BCUT2D eigenvalue weighted by Crippen LogP contribution is -2.31. The second kappa shape index (κ2) is 4.87. The third-order valence-corrected chi connectivity index (χ3v) is 1.35. The Hall–Kier alpha value is 0.0300. The first kappa shape index (κ1) is 9.03. The van der Waals surface area contributed by atoms with Crippen molar-refractivity contribution in [3.63, 3.8) is 0 Å². The molecule has 0 bridgehead atoms. The fourth-order valence-corrected chi connectivity index (χ4v) is 0.898. The Morgan fingerprint density at radius 1 is 1.89 bits per heavy atom. The van der Waals surface area contributed by atoms with Crippen molar-refractivity contribution in [2.45, 2.75) is 19.6 Å². The normalized spacial score (nSPS) is 17.2. The molecule has 0 aromatic heterocycles. The van der Waals surface area contributed by atoms with Gasteiger partial charge in [0, 0.05) is 7.11 Å². The van der Waals surface area contributed by atoms with Crippen molar-refractivity contribution in [3.8, 4) is 0 Å². The van der Waals surface area contributed by atoms with Gasteiger partial charge in [-0.05, 0) is 6.42 Å². The van der Waals surface area contributed by atoms with E-state index in [0.29, 0.717) is 6.42 Å². The number of nitrogens with one attached hydrogen (secondary N) is 1. The van der Waals surface area contributed by atoms with Crippen LogP contribution in [0.2, 0.25) is 0 Å². The number of hydrogen-bond acceptors (Lipinski definition) is 2. The molecule has 0 radical (unpaired) electrons. The van der Waals surface area contributed by atoms with Gasteiger partial charge < -0.3 is 4.74 Å². The molecule has 2 N–H and O–H groups in total. The van der Waals surface area contributed by atoms with Gasteiger partial charge in [-0.15, -0.1) is 0 Å². The zero-order valence-electron chi connectivity index (χ0n) is 5.46. The average Bonchev–Trinajstić information content (AvgIpc) is 1.82. The third kappa shape index (κ3) is 4.53. The Morgan fingerprint density at radius 3 is 2.56 bits per heavy atom. The molecule has 0 amide bonds. The largest absolute Gasteiger partial charge is 0.366 e. The molecule has 0 aromatic rings. The van der Waals surface area contributed by atoms with E-state index in [1.807, 2.05) is 6.92 Å². The molecule has 0 rings (SSSR count). The van der Waals surface area contributed by atoms with Gasteiger partial charge >= 0.3 is 0 Å². The molecule has 0 aliphatic rings. The predicted molar refractivity (Wildman–Crippen MR) is 35.0 cm³/mol. The summed E-state index contributed by atoms with van der Waals surface area (Å²) in [5.74, 6) is 0. The first-order valence-corrected chi connectivity index (χ1v) is 3.71. The van der Waals surface area contributed by atoms with Gasteiger partial charge in [0.25, 0.3) is 0 Å². The second-order valence-electron chi connectivity index (χ2n) is 1.50. The Bertz CT molecular complexity index is 93.8. The highest BCUT2D eigenvalue weighted by atomic mass is 32.2. The fraction of sp³-hybridized carbons (Fsp3) is 1.00. The van der Waals surface area contributed by atoms with Gasteiger partial charge in [0.05, 0.1) is 0 Å². The molecule has 9 heavy (non-hydrogen) atoms. The fourth-order valence-electron chi connectivity index (χ4n) is 0.411. The van der Waals surface area contributed by atoms with E-state index in [1.165, 1.54) is 7.11 Å². The van der Waals surface area contributed by atoms with Crippen molar-refractivity contribution < 1.29 is 13.5 Å². The topological polar surface area (TPSA) is 58.6 Å². The van der Waals surface area contributed by atoms with Gasteiger partial charge in [0.1, 0.15) is 6.23 Å². The molecule has 0 aliphatic heterocycles. The molecule has 0 fully saturated rings. The summed E-state index contributed by atoms with van der Waals surface area (Å²) in [6, 6.07) is 0. The highest BCUT2D eigenvalue weighted by Gasteiger charge is 2.03. The Balaban J connectivity index is 3.43. The van der Waals surface area contributed by atoms with Crippen LogP contribution in [0.25, 0.3) is 0 Å². The van der Waals surface area contributed by atoms with Crippen LogP contribution >= 0.6 is 0 Å². The standard InChI is InChI=1S/C4H11NO3S/c1-3-4(8-2)5-9(6)7/h4-5H,3H2,1-2H3,(H,6,7). The average molecular weight is 153 g/mol. The SMILES string of the molecule is CCC(NS(=O)O)OC. The summed E-state index contributed by atoms with van der Waals surface area (Å²) >= 11 is -1.97. The number of ether oxygens (including phenoxy) is 1. The third-order valence-electron chi connectivity index (χ3n) is 0.888. The molecule has 2 atom stereocenters. The van der Waals surface area contributed by atoms with E-state index in [9.17, 15) is 4.21 Å². The molecule has 0 aromatic carbocycles. The maximum atomic E-state index is 10.0. The van der Waals surface area contributed by atoms with Crippen molar-refractivity contribution in [2.24, 2.45) is 0 Å². The lowest BCUT2D eigenvalue weighted by Gasteiger charge is -2.10. The van der Waals surface area contributed by atoms with E-state index in [4.69, 9.17) is 9.29 Å². The number of hydrogen-bond donors (Lipinski definition) is 2. The van der Waals surface area contributed by atoms with E-state index >= 15 is 0 Å². The highest BCUT2D eigenvalue weighted by Crippen LogP contribution is 1.89. The van der Waals surface area contributed by atoms with Crippen molar-refractivity contribution in [3.05, 3.63) is 0 Å². The van der Waals surface area contributed by atoms with Gasteiger partial charge in [-0.3, -0.25) is 4.55 Å². The number of methoxy groups -OCH3 is 1. The number of rotatable bonds is 4. The molecule has 0 saturated heterocycles. The molecule has 0 spiro atoms. The van der Waals surface area contributed by atoms with Gasteiger partial charge in [-0.2, -0.15) is 4.72 Å². The minimum absolute atomic E-state index is 0.323. The smallest absolute Gasteiger partial charge is 0.233 e. The van der Waals surface area contributed by atoms with Crippen LogP contribution in [-0.2, 0) is 16.0 Å². The minimum Gasteiger partial charge on any atom is -0.366 e. The molecule has 0 heterocycles. The zero-order chi connectivity index (χ0) is 7.28. The summed E-state index contributed by atoms with van der Waals surface area (Å²) in [5, 5.41) is 0. The first-order valence-electron chi connectivity index (χ1n) is 2.60. The summed E-state index contributed by atoms with van der Waals surface area (Å²) in [7, 11) is 1.48. The van der Waals surface area contributed by atoms with Crippen LogP contribution in [0.3, 0.4) is 0 Å². The van der Waals surface area contributed by atoms with Crippen LogP contribution in [-0.4, -0.2) is 22.1 Å². The van der Waals surface area contributed by atoms with Crippen LogP contribution in [0.5, 0.6) is 0 Å². The molecule has 0 saturated carbocycles. The summed E-state index contributed by atoms with van der Waals surface area (Å²) in [4.78, 5) is 0. The summed E-state index contributed by atoms with van der Waals surface area (Å²) in [5.41, 5.74) is 0. The maximum absolute atomic E-state index is 10.0. The summed E-state index contributed by atoms with van der Waals surface area (Å²) in [6.45, 7) is 1.86. The van der Waals surface area contributed by atoms with E-state index < -0.39 is 11.3 Å². The van der Waals surface area contributed by atoms with Crippen molar-refractivity contribution >= 4 is 11.3 Å². The van der Waals surface area contributed by atoms with Crippen molar-refractivity contribution in [2.75, 3.05) is 7.11 Å². The van der Waals surface area contributed by atoms with Gasteiger partial charge in [-0.1, -0.05) is 6.92 Å². The van der Waals surface area contributed by atoms with Crippen LogP contribution < -0.4 is 4.72 Å². The van der Waals surface area contributed by atoms with Gasteiger partial charge in [0.2, 0.25) is 11.3 Å². The second-order valence-corrected chi connectivity index (χ2v) is 2.23. The monoisotopic (exact) mass is 153 g/mol. The van der Waals surface area contributed by atoms with Crippen molar-refractivity contribution in [1.82, 2.24) is 4.72 Å². The first-order chi connectivity index (χ1) is 4.20. The van der Waals surface area contributed by atoms with Gasteiger partial charge in [-0.25, -0.2) is 4.21 Å². The molecule has 5 heteroatoms. The van der Waals surface area contributed by atoms with Crippen molar-refractivity contribution in [1.29, 1.82) is 0 Å². The van der Waals surface area contributed by atoms with Crippen LogP contribution in [0.4, 0.5) is 0 Å². The van der Waals surface area contributed by atoms with E-state index in [-0.39, 0.29) is 6.23 Å². The Morgan fingerprint density at radius 2 is 2.44 bits per heavy atom. The Labute approximate surface area is 57.0 Å². The van der Waals surface area contributed by atoms with Crippen LogP contribution in [0, 0.1) is 0 Å². The Kier molecular flexibility index (Phi) is 4.88. The molecule has 4 nitrogen and oxygen atoms in total. The molecular formula is C4H11NO3S. The zero-order valence-corrected chi connectivity index (χ0v) is 6.27. The molecule has 56 valence electrons. The summed E-state index contributed by atoms with van der Waals surface area (Å²) < 4.78 is 25.3. The van der Waals surface area contributed by atoms with E-state index in [1.54, 1.807) is 0 Å². The van der Waals surface area contributed by atoms with Crippen LogP contribution in [0.15, 0.2) is 0 Å². The maximum Gasteiger partial charge on any atom is 0.233 e. The highest BCUT2D eigenvalue weighted by molar-refractivity contribution is 7.77. The molecule has 2 unspecified atom stereocenters. The van der Waals surface area contributed by atoms with E-state index in [0.717, 1.165) is 0 Å². The lowest BCUT2D eigenvalue weighted by atomic mass is 10.4. The van der Waals surface area contributed by atoms with Crippen LogP contribution in [0.1, 0.15) is 13.3 Å². The molecule has 0 aliphatic carbocycles. The summed E-state index contributed by atoms with van der Waals surface area (Å²) in [6.07, 6.45) is 0.346. The molecular weight excluding hydrogens is 142 g/mol.